The predicted octanol–water partition coefficient (Wildman–Crippen LogP) is 8.38. The third-order valence-corrected chi connectivity index (χ3v) is 6.25. The molecule has 2 unspecified atom stereocenters. The Bertz CT molecular complexity index is 1140. The van der Waals surface area contributed by atoms with Gasteiger partial charge in [0.25, 0.3) is 0 Å². The zero-order valence-corrected chi connectivity index (χ0v) is 18.5. The molecule has 158 valence electrons. The second-order valence-electron chi connectivity index (χ2n) is 8.22. The van der Waals surface area contributed by atoms with Crippen molar-refractivity contribution in [3.05, 3.63) is 157 Å². The molecule has 0 heterocycles. The zero-order chi connectivity index (χ0) is 22.2. The molecule has 0 nitrogen and oxygen atoms in total. The SMILES string of the molecule is C=CC(Cc1cccc(-c2ccccc2)c1CC(C=C)c1ccccc1)c1ccccc1. The molecular formula is C32H30. The van der Waals surface area contributed by atoms with E-state index in [1.807, 2.05) is 0 Å². The van der Waals surface area contributed by atoms with Gasteiger partial charge in [-0.2, -0.15) is 0 Å². The van der Waals surface area contributed by atoms with Crippen LogP contribution in [0, 0.1) is 0 Å². The summed E-state index contributed by atoms with van der Waals surface area (Å²) in [5.74, 6) is 0.540. The summed E-state index contributed by atoms with van der Waals surface area (Å²) in [5, 5.41) is 0. The summed E-state index contributed by atoms with van der Waals surface area (Å²) in [4.78, 5) is 0. The smallest absolute Gasteiger partial charge is 0.00560 e. The minimum atomic E-state index is 0.263. The van der Waals surface area contributed by atoms with E-state index in [1.54, 1.807) is 0 Å². The molecule has 0 fully saturated rings. The van der Waals surface area contributed by atoms with Crippen molar-refractivity contribution in [2.24, 2.45) is 0 Å². The van der Waals surface area contributed by atoms with Crippen molar-refractivity contribution >= 4 is 0 Å². The highest BCUT2D eigenvalue weighted by molar-refractivity contribution is 5.69. The second-order valence-corrected chi connectivity index (χ2v) is 8.22. The largest absolute Gasteiger partial charge is 0.102 e. The predicted molar refractivity (Wildman–Crippen MR) is 138 cm³/mol. The van der Waals surface area contributed by atoms with Crippen LogP contribution in [0.25, 0.3) is 11.1 Å². The van der Waals surface area contributed by atoms with Gasteiger partial charge in [-0.05, 0) is 46.2 Å². The maximum atomic E-state index is 4.17. The monoisotopic (exact) mass is 414 g/mol. The number of benzene rings is 4. The van der Waals surface area contributed by atoms with Crippen molar-refractivity contribution in [3.63, 3.8) is 0 Å². The Morgan fingerprint density at radius 2 is 1.03 bits per heavy atom. The van der Waals surface area contributed by atoms with Gasteiger partial charge in [-0.3, -0.25) is 0 Å². The van der Waals surface area contributed by atoms with Gasteiger partial charge in [0.2, 0.25) is 0 Å². The van der Waals surface area contributed by atoms with Gasteiger partial charge in [0, 0.05) is 11.8 Å². The molecule has 0 saturated carbocycles. The lowest BCUT2D eigenvalue weighted by molar-refractivity contribution is 0.790. The van der Waals surface area contributed by atoms with Gasteiger partial charge in [0.15, 0.2) is 0 Å². The maximum Gasteiger partial charge on any atom is 0.00560 e. The van der Waals surface area contributed by atoms with E-state index in [2.05, 4.69) is 135 Å². The summed E-state index contributed by atoms with van der Waals surface area (Å²) >= 11 is 0. The summed E-state index contributed by atoms with van der Waals surface area (Å²) in [6.07, 6.45) is 6.02. The molecule has 0 aliphatic heterocycles. The molecule has 0 N–H and O–H groups in total. The summed E-state index contributed by atoms with van der Waals surface area (Å²) < 4.78 is 0. The Hall–Kier alpha value is -3.64. The fourth-order valence-electron chi connectivity index (χ4n) is 4.49. The minimum absolute atomic E-state index is 0.263. The maximum absolute atomic E-state index is 4.17. The Kier molecular flexibility index (Phi) is 7.15. The Balaban J connectivity index is 1.77. The van der Waals surface area contributed by atoms with Crippen LogP contribution in [0.3, 0.4) is 0 Å². The summed E-state index contributed by atoms with van der Waals surface area (Å²) in [5.41, 5.74) is 7.96. The van der Waals surface area contributed by atoms with Gasteiger partial charge in [0.05, 0.1) is 0 Å². The summed E-state index contributed by atoms with van der Waals surface area (Å²) in [6, 6.07) is 38.8. The first-order valence-corrected chi connectivity index (χ1v) is 11.3. The molecule has 2 atom stereocenters. The van der Waals surface area contributed by atoms with Gasteiger partial charge in [-0.25, -0.2) is 0 Å². The molecule has 4 rings (SSSR count). The van der Waals surface area contributed by atoms with Gasteiger partial charge < -0.3 is 0 Å². The molecule has 4 aromatic rings. The first-order valence-electron chi connectivity index (χ1n) is 11.3. The Labute approximate surface area is 192 Å². The highest BCUT2D eigenvalue weighted by Gasteiger charge is 2.18. The van der Waals surface area contributed by atoms with E-state index >= 15 is 0 Å². The Morgan fingerprint density at radius 3 is 1.56 bits per heavy atom. The number of hydrogen-bond acceptors (Lipinski definition) is 0. The van der Waals surface area contributed by atoms with E-state index in [0.717, 1.165) is 12.8 Å². The minimum Gasteiger partial charge on any atom is -0.102 e. The lowest BCUT2D eigenvalue weighted by atomic mass is 9.82. The van der Waals surface area contributed by atoms with Crippen LogP contribution in [-0.2, 0) is 12.8 Å². The molecule has 0 aliphatic rings. The number of hydrogen-bond donors (Lipinski definition) is 0. The molecule has 0 aromatic heterocycles. The van der Waals surface area contributed by atoms with E-state index in [1.165, 1.54) is 33.4 Å². The average Bonchev–Trinajstić information content (AvgIpc) is 2.87. The van der Waals surface area contributed by atoms with Crippen LogP contribution in [0.4, 0.5) is 0 Å². The van der Waals surface area contributed by atoms with Crippen LogP contribution in [0.1, 0.15) is 34.1 Å². The quantitative estimate of drug-likeness (QED) is 0.241. The summed E-state index contributed by atoms with van der Waals surface area (Å²) in [7, 11) is 0. The van der Waals surface area contributed by atoms with Gasteiger partial charge in [0.1, 0.15) is 0 Å². The third-order valence-electron chi connectivity index (χ3n) is 6.25. The van der Waals surface area contributed by atoms with Crippen LogP contribution in [0.2, 0.25) is 0 Å². The normalized spacial score (nSPS) is 12.6. The van der Waals surface area contributed by atoms with Crippen molar-refractivity contribution < 1.29 is 0 Å². The molecule has 0 spiro atoms. The average molecular weight is 415 g/mol. The van der Waals surface area contributed by atoms with E-state index in [-0.39, 0.29) is 11.8 Å². The van der Waals surface area contributed by atoms with Crippen molar-refractivity contribution in [2.45, 2.75) is 24.7 Å². The summed E-state index contributed by atoms with van der Waals surface area (Å²) in [6.45, 7) is 8.33. The molecule has 32 heavy (non-hydrogen) atoms. The lowest BCUT2D eigenvalue weighted by Crippen LogP contribution is -2.08. The van der Waals surface area contributed by atoms with Crippen molar-refractivity contribution in [2.75, 3.05) is 0 Å². The standard InChI is InChI=1S/C32H30/c1-3-25(27-15-8-5-9-16-27)23-30-21-14-22-31(29-19-12-7-13-20-29)32(30)24-26(4-2)28-17-10-6-11-18-28/h3-22,25-26H,1-2,23-24H2. The molecular weight excluding hydrogens is 384 g/mol. The molecule has 4 aromatic carbocycles. The van der Waals surface area contributed by atoms with Crippen LogP contribution >= 0.6 is 0 Å². The molecule has 0 heteroatoms. The molecule has 0 radical (unpaired) electrons. The van der Waals surface area contributed by atoms with Crippen molar-refractivity contribution in [3.8, 4) is 11.1 Å². The second kappa shape index (κ2) is 10.6. The molecule has 0 aliphatic carbocycles. The van der Waals surface area contributed by atoms with E-state index in [0.29, 0.717) is 0 Å². The zero-order valence-electron chi connectivity index (χ0n) is 18.5. The van der Waals surface area contributed by atoms with Crippen LogP contribution < -0.4 is 0 Å². The first-order chi connectivity index (χ1) is 15.8. The lowest BCUT2D eigenvalue weighted by Gasteiger charge is -2.22. The van der Waals surface area contributed by atoms with E-state index in [9.17, 15) is 0 Å². The van der Waals surface area contributed by atoms with Crippen molar-refractivity contribution in [1.29, 1.82) is 0 Å². The highest BCUT2D eigenvalue weighted by atomic mass is 14.2. The van der Waals surface area contributed by atoms with Gasteiger partial charge in [-0.1, -0.05) is 121 Å². The molecule has 0 bridgehead atoms. The molecule has 0 amide bonds. The highest BCUT2D eigenvalue weighted by Crippen LogP contribution is 2.34. The topological polar surface area (TPSA) is 0 Å². The third kappa shape index (κ3) is 4.98. The van der Waals surface area contributed by atoms with Gasteiger partial charge >= 0.3 is 0 Å². The fourth-order valence-corrected chi connectivity index (χ4v) is 4.49. The van der Waals surface area contributed by atoms with Crippen molar-refractivity contribution in [1.82, 2.24) is 0 Å². The van der Waals surface area contributed by atoms with Gasteiger partial charge in [-0.15, -0.1) is 13.2 Å². The van der Waals surface area contributed by atoms with Crippen LogP contribution in [0.15, 0.2) is 135 Å². The van der Waals surface area contributed by atoms with E-state index < -0.39 is 0 Å². The Morgan fingerprint density at radius 1 is 0.531 bits per heavy atom. The first kappa shape index (κ1) is 21.6. The fraction of sp³-hybridized carbons (Fsp3) is 0.125. The number of rotatable bonds is 9. The van der Waals surface area contributed by atoms with Crippen LogP contribution in [0.5, 0.6) is 0 Å². The number of allylic oxidation sites excluding steroid dienone is 2. The molecule has 0 saturated heterocycles. The van der Waals surface area contributed by atoms with E-state index in [4.69, 9.17) is 0 Å². The van der Waals surface area contributed by atoms with Crippen LogP contribution in [-0.4, -0.2) is 0 Å².